The molecule has 0 aliphatic heterocycles. The summed E-state index contributed by atoms with van der Waals surface area (Å²) in [6, 6.07) is 56.8. The molecule has 0 fully saturated rings. The fourth-order valence-corrected chi connectivity index (χ4v) is 13.5. The fraction of sp³-hybridized carbons (Fsp3) is 0. The second-order valence-electron chi connectivity index (χ2n) is 12.5. The van der Waals surface area contributed by atoms with Gasteiger partial charge in [-0.2, -0.15) is 0 Å². The molecule has 0 bridgehead atoms. The van der Waals surface area contributed by atoms with Crippen LogP contribution in [0.5, 0.6) is 0 Å². The molecule has 0 heterocycles. The van der Waals surface area contributed by atoms with E-state index in [2.05, 4.69) is 48.5 Å². The molecule has 8 aromatic carbocycles. The summed E-state index contributed by atoms with van der Waals surface area (Å²) in [6.07, 6.45) is 0. The molecule has 0 unspecified atom stereocenters. The molecule has 0 radical (unpaired) electrons. The molecule has 0 atom stereocenters. The molecule has 0 N–H and O–H groups in total. The van der Waals surface area contributed by atoms with Crippen LogP contribution in [0, 0.1) is 0 Å². The Morgan fingerprint density at radius 3 is 0.875 bits per heavy atom. The van der Waals surface area contributed by atoms with Crippen LogP contribution in [0.15, 0.2) is 192 Å². The van der Waals surface area contributed by atoms with E-state index in [-0.39, 0.29) is 79.7 Å². The third-order valence-corrected chi connectivity index (χ3v) is 16.1. The Morgan fingerprint density at radius 1 is 0.321 bits per heavy atom. The molecule has 0 aliphatic carbocycles. The van der Waals surface area contributed by atoms with Gasteiger partial charge in [0.2, 0.25) is 0 Å². The largest absolute Gasteiger partial charge is 1.00 e. The van der Waals surface area contributed by atoms with Crippen LogP contribution in [0.25, 0.3) is 32.7 Å². The van der Waals surface area contributed by atoms with E-state index in [9.17, 15) is 25.9 Å². The summed E-state index contributed by atoms with van der Waals surface area (Å²) in [6.45, 7) is 0. The van der Waals surface area contributed by atoms with Gasteiger partial charge in [-0.1, -0.05) is 170 Å². The van der Waals surface area contributed by atoms with Crippen molar-refractivity contribution in [3.8, 4) is 11.1 Å². The molecule has 0 amide bonds. The van der Waals surface area contributed by atoms with Crippen molar-refractivity contribution in [1.29, 1.82) is 0 Å². The molecule has 8 aromatic rings. The van der Waals surface area contributed by atoms with Crippen molar-refractivity contribution >= 4 is 89.5 Å². The number of fused-ring (bicyclic) bond motifs is 2. The Kier molecular flexibility index (Phi) is 13.6. The molecule has 266 valence electrons. The van der Waals surface area contributed by atoms with Gasteiger partial charge in [-0.25, -0.2) is 16.8 Å². The second-order valence-corrected chi connectivity index (χ2v) is 19.6. The maximum Gasteiger partial charge on any atom is 1.00 e. The van der Waals surface area contributed by atoms with Crippen LogP contribution in [-0.4, -0.2) is 25.9 Å². The molecule has 0 spiro atoms. The minimum absolute atomic E-state index is 0. The molecular weight excluding hydrogens is 797 g/mol. The maximum atomic E-state index is 12.8. The molecule has 0 aromatic heterocycles. The van der Waals surface area contributed by atoms with E-state index in [4.69, 9.17) is 0 Å². The van der Waals surface area contributed by atoms with Crippen LogP contribution in [-0.2, 0) is 20.2 Å². The quantitative estimate of drug-likeness (QED) is 0.122. The van der Waals surface area contributed by atoms with E-state index >= 15 is 0 Å². The fourth-order valence-electron chi connectivity index (χ4n) is 7.13. The number of rotatable bonds is 9. The topological polar surface area (TPSA) is 114 Å². The average Bonchev–Trinajstić information content (AvgIpc) is 3.18. The van der Waals surface area contributed by atoms with Gasteiger partial charge >= 0.3 is 59.1 Å². The van der Waals surface area contributed by atoms with Crippen molar-refractivity contribution < 1.29 is 85.1 Å². The van der Waals surface area contributed by atoms with Crippen LogP contribution >= 0.6 is 15.8 Å². The molecule has 6 nitrogen and oxygen atoms in total. The third-order valence-electron chi connectivity index (χ3n) is 9.33. The predicted molar refractivity (Wildman–Crippen MR) is 220 cm³/mol. The number of benzene rings is 8. The first-order valence-corrected chi connectivity index (χ1v) is 22.5. The van der Waals surface area contributed by atoms with E-state index in [0.717, 1.165) is 31.8 Å². The van der Waals surface area contributed by atoms with Crippen LogP contribution in [0.3, 0.4) is 0 Å². The zero-order valence-corrected chi connectivity index (χ0v) is 37.9. The Morgan fingerprint density at radius 2 is 0.607 bits per heavy atom. The predicted octanol–water partition coefficient (Wildman–Crippen LogP) is 0.993. The van der Waals surface area contributed by atoms with Crippen molar-refractivity contribution in [3.63, 3.8) is 0 Å². The summed E-state index contributed by atoms with van der Waals surface area (Å²) in [7, 11) is -12.5. The van der Waals surface area contributed by atoms with Gasteiger partial charge in [-0.05, 0) is 92.5 Å². The van der Waals surface area contributed by atoms with Gasteiger partial charge in [-0.15, -0.1) is 0 Å². The summed E-state index contributed by atoms with van der Waals surface area (Å²) in [5, 5.41) is 7.41. The van der Waals surface area contributed by atoms with Gasteiger partial charge in [0.15, 0.2) is 0 Å². The van der Waals surface area contributed by atoms with Crippen LogP contribution in [0.4, 0.5) is 0 Å². The standard InChI is InChI=1S/C44H32O6P2S2.2Na/c45-53(46,47)41-25-13-23-37-35(41)27-29-39(51(31-15-5-1-6-16-31)32-17-7-2-8-18-32)43(37)44-38-24-14-26-42(54(48,49)50)36(38)28-30-40(44)52(33-19-9-3-10-20-33)34-21-11-4-12-22-34;;/h1-30H,(H,45,46,47)(H,48,49,50);;/q;2*+1/p-2. The van der Waals surface area contributed by atoms with Crippen molar-refractivity contribution in [2.75, 3.05) is 0 Å². The number of hydrogen-bond acceptors (Lipinski definition) is 6. The number of hydrogen-bond donors (Lipinski definition) is 0. The monoisotopic (exact) mass is 826 g/mol. The first kappa shape index (κ1) is 42.6. The van der Waals surface area contributed by atoms with Crippen LogP contribution in [0.2, 0.25) is 0 Å². The van der Waals surface area contributed by atoms with E-state index in [0.29, 0.717) is 21.9 Å². The Labute approximate surface area is 373 Å². The maximum absolute atomic E-state index is 12.8. The van der Waals surface area contributed by atoms with Crippen molar-refractivity contribution in [3.05, 3.63) is 182 Å². The van der Waals surface area contributed by atoms with Gasteiger partial charge in [0, 0.05) is 0 Å². The Balaban J connectivity index is 0.00000266. The Hall–Kier alpha value is -3.04. The molecular formula is C44H30Na2O6P2S2. The molecule has 56 heavy (non-hydrogen) atoms. The van der Waals surface area contributed by atoms with E-state index < -0.39 is 36.1 Å². The van der Waals surface area contributed by atoms with Crippen molar-refractivity contribution in [1.82, 2.24) is 0 Å². The van der Waals surface area contributed by atoms with E-state index in [1.54, 1.807) is 24.3 Å². The van der Waals surface area contributed by atoms with Gasteiger partial charge in [0.1, 0.15) is 20.2 Å². The molecule has 0 saturated carbocycles. The summed E-state index contributed by atoms with van der Waals surface area (Å²) in [4.78, 5) is -0.705. The van der Waals surface area contributed by atoms with Gasteiger partial charge < -0.3 is 9.11 Å². The summed E-state index contributed by atoms with van der Waals surface area (Å²) in [5.41, 5.74) is 1.33. The zero-order chi connectivity index (χ0) is 37.5. The zero-order valence-electron chi connectivity index (χ0n) is 30.5. The summed E-state index contributed by atoms with van der Waals surface area (Å²) in [5.74, 6) is 0. The van der Waals surface area contributed by atoms with Crippen molar-refractivity contribution in [2.45, 2.75) is 9.79 Å². The minimum atomic E-state index is -4.91. The Bertz CT molecular complexity index is 2610. The van der Waals surface area contributed by atoms with Gasteiger partial charge in [0.25, 0.3) is 0 Å². The minimum Gasteiger partial charge on any atom is -0.744 e. The van der Waals surface area contributed by atoms with Crippen LogP contribution in [0.1, 0.15) is 0 Å². The molecule has 0 saturated heterocycles. The molecule has 0 aliphatic rings. The van der Waals surface area contributed by atoms with Gasteiger partial charge in [-0.3, -0.25) is 0 Å². The second kappa shape index (κ2) is 17.8. The molecule has 12 heteroatoms. The normalized spacial score (nSPS) is 11.7. The van der Waals surface area contributed by atoms with Crippen LogP contribution < -0.4 is 90.9 Å². The summed E-state index contributed by atoms with van der Waals surface area (Å²) >= 11 is 0. The average molecular weight is 827 g/mol. The first-order chi connectivity index (χ1) is 26.1. The van der Waals surface area contributed by atoms with Crippen molar-refractivity contribution in [2.24, 2.45) is 0 Å². The van der Waals surface area contributed by atoms with Gasteiger partial charge in [0.05, 0.1) is 9.79 Å². The summed E-state index contributed by atoms with van der Waals surface area (Å²) < 4.78 is 76.9. The van der Waals surface area contributed by atoms with E-state index in [1.165, 1.54) is 12.1 Å². The SMILES string of the molecule is O=S(=O)([O-])c1cccc2c(-c3c(P(c4ccccc4)c4ccccc4)ccc4c(S(=O)(=O)[O-])cccc34)c(P(c3ccccc3)c3ccccc3)ccc12.[Na+].[Na+]. The smallest absolute Gasteiger partial charge is 0.744 e. The third kappa shape index (κ3) is 8.41. The van der Waals surface area contributed by atoms with E-state index in [1.807, 2.05) is 97.1 Å². The first-order valence-electron chi connectivity index (χ1n) is 17.0. The molecule has 8 rings (SSSR count).